The molecule has 1 aliphatic carbocycles. The molecule has 0 aromatic carbocycles. The topological polar surface area (TPSA) is 50.4 Å². The van der Waals surface area contributed by atoms with Crippen LogP contribution in [0.25, 0.3) is 0 Å². The van der Waals surface area contributed by atoms with Crippen molar-refractivity contribution < 1.29 is 9.53 Å². The quantitative estimate of drug-likeness (QED) is 0.808. The summed E-state index contributed by atoms with van der Waals surface area (Å²) in [5, 5.41) is 6.76. The smallest absolute Gasteiger partial charge is 0.227 e. The number of carbonyl (C=O) groups is 1. The first-order chi connectivity index (χ1) is 9.75. The zero-order valence-electron chi connectivity index (χ0n) is 12.6. The standard InChI is InChI=1S/C16H28N2O2/c1-2-7-16(8-3-9-17-11-16)15(19)18-13-6-10-20-14(13)12-4-5-12/h12-14,17H,2-11H2,1H3,(H,18,19). The third-order valence-corrected chi connectivity index (χ3v) is 5.22. The summed E-state index contributed by atoms with van der Waals surface area (Å²) in [6, 6.07) is 0.255. The van der Waals surface area contributed by atoms with Gasteiger partial charge in [0.15, 0.2) is 0 Å². The van der Waals surface area contributed by atoms with E-state index in [0.717, 1.165) is 51.8 Å². The first kappa shape index (κ1) is 14.3. The fourth-order valence-electron chi connectivity index (χ4n) is 3.94. The van der Waals surface area contributed by atoms with E-state index >= 15 is 0 Å². The Balaban J connectivity index is 1.63. The fourth-order valence-corrected chi connectivity index (χ4v) is 3.94. The summed E-state index contributed by atoms with van der Waals surface area (Å²) in [5.74, 6) is 0.974. The van der Waals surface area contributed by atoms with E-state index in [0.29, 0.717) is 5.92 Å². The Morgan fingerprint density at radius 2 is 2.25 bits per heavy atom. The Hall–Kier alpha value is -0.610. The van der Waals surface area contributed by atoms with Crippen molar-refractivity contribution in [2.75, 3.05) is 19.7 Å². The SMILES string of the molecule is CCCC1(C(=O)NC2CCOC2C2CC2)CCCNC1. The van der Waals surface area contributed by atoms with Crippen LogP contribution in [0, 0.1) is 11.3 Å². The number of piperidine rings is 1. The molecule has 0 aromatic rings. The highest BCUT2D eigenvalue weighted by Gasteiger charge is 2.44. The van der Waals surface area contributed by atoms with Gasteiger partial charge in [-0.2, -0.15) is 0 Å². The van der Waals surface area contributed by atoms with Gasteiger partial charge in [-0.1, -0.05) is 13.3 Å². The van der Waals surface area contributed by atoms with Crippen molar-refractivity contribution in [3.63, 3.8) is 0 Å². The lowest BCUT2D eigenvalue weighted by Gasteiger charge is -2.37. The van der Waals surface area contributed by atoms with Gasteiger partial charge in [-0.05, 0) is 51.0 Å². The van der Waals surface area contributed by atoms with Crippen LogP contribution in [0.2, 0.25) is 0 Å². The Labute approximate surface area is 122 Å². The average molecular weight is 280 g/mol. The van der Waals surface area contributed by atoms with Crippen molar-refractivity contribution in [3.8, 4) is 0 Å². The third kappa shape index (κ3) is 2.86. The van der Waals surface area contributed by atoms with Gasteiger partial charge in [0.25, 0.3) is 0 Å². The molecule has 0 spiro atoms. The van der Waals surface area contributed by atoms with Crippen LogP contribution in [-0.4, -0.2) is 37.7 Å². The molecule has 2 saturated heterocycles. The molecule has 2 heterocycles. The second-order valence-corrected chi connectivity index (χ2v) is 6.85. The molecule has 20 heavy (non-hydrogen) atoms. The molecule has 1 amide bonds. The molecular weight excluding hydrogens is 252 g/mol. The second-order valence-electron chi connectivity index (χ2n) is 6.85. The Bertz CT molecular complexity index is 343. The molecule has 114 valence electrons. The number of hydrogen-bond donors (Lipinski definition) is 2. The van der Waals surface area contributed by atoms with Crippen LogP contribution in [0.3, 0.4) is 0 Å². The highest BCUT2D eigenvalue weighted by Crippen LogP contribution is 2.39. The fraction of sp³-hybridized carbons (Fsp3) is 0.938. The van der Waals surface area contributed by atoms with Gasteiger partial charge in [0.2, 0.25) is 5.91 Å². The maximum atomic E-state index is 12.8. The van der Waals surface area contributed by atoms with Crippen molar-refractivity contribution in [3.05, 3.63) is 0 Å². The molecule has 0 bridgehead atoms. The van der Waals surface area contributed by atoms with Gasteiger partial charge in [-0.3, -0.25) is 4.79 Å². The normalized spacial score (nSPS) is 37.9. The largest absolute Gasteiger partial charge is 0.376 e. The van der Waals surface area contributed by atoms with E-state index in [1.807, 2.05) is 0 Å². The minimum atomic E-state index is -0.177. The molecule has 4 nitrogen and oxygen atoms in total. The first-order valence-electron chi connectivity index (χ1n) is 8.38. The Morgan fingerprint density at radius 1 is 1.40 bits per heavy atom. The lowest BCUT2D eigenvalue weighted by molar-refractivity contribution is -0.134. The van der Waals surface area contributed by atoms with E-state index in [1.165, 1.54) is 12.8 Å². The molecule has 2 aliphatic heterocycles. The van der Waals surface area contributed by atoms with Crippen molar-refractivity contribution in [2.45, 2.75) is 64.0 Å². The van der Waals surface area contributed by atoms with Gasteiger partial charge in [-0.15, -0.1) is 0 Å². The first-order valence-corrected chi connectivity index (χ1v) is 8.38. The molecule has 3 unspecified atom stereocenters. The summed E-state index contributed by atoms with van der Waals surface area (Å²) in [6.07, 6.45) is 8.03. The molecule has 1 saturated carbocycles. The van der Waals surface area contributed by atoms with Crippen molar-refractivity contribution in [1.29, 1.82) is 0 Å². The van der Waals surface area contributed by atoms with Crippen LogP contribution >= 0.6 is 0 Å². The third-order valence-electron chi connectivity index (χ3n) is 5.22. The summed E-state index contributed by atoms with van der Waals surface area (Å²) in [7, 11) is 0. The lowest BCUT2D eigenvalue weighted by atomic mass is 9.76. The predicted octanol–water partition coefficient (Wildman–Crippen LogP) is 1.84. The van der Waals surface area contributed by atoms with Gasteiger partial charge >= 0.3 is 0 Å². The highest BCUT2D eigenvalue weighted by atomic mass is 16.5. The van der Waals surface area contributed by atoms with Crippen LogP contribution in [0.15, 0.2) is 0 Å². The average Bonchev–Trinajstić information content (AvgIpc) is 3.20. The number of ether oxygens (including phenoxy) is 1. The number of hydrogen-bond acceptors (Lipinski definition) is 3. The molecule has 2 N–H and O–H groups in total. The van der Waals surface area contributed by atoms with Gasteiger partial charge in [0, 0.05) is 13.2 Å². The summed E-state index contributed by atoms with van der Waals surface area (Å²) in [5.41, 5.74) is -0.177. The minimum Gasteiger partial charge on any atom is -0.376 e. The predicted molar refractivity (Wildman–Crippen MR) is 78.5 cm³/mol. The summed E-state index contributed by atoms with van der Waals surface area (Å²) in [6.45, 7) is 4.88. The van der Waals surface area contributed by atoms with Gasteiger partial charge in [0.1, 0.15) is 0 Å². The number of nitrogens with one attached hydrogen (secondary N) is 2. The molecule has 3 fully saturated rings. The van der Waals surface area contributed by atoms with Crippen LogP contribution in [0.5, 0.6) is 0 Å². The van der Waals surface area contributed by atoms with E-state index in [4.69, 9.17) is 4.74 Å². The zero-order chi connectivity index (χ0) is 14.0. The summed E-state index contributed by atoms with van der Waals surface area (Å²) in [4.78, 5) is 12.8. The van der Waals surface area contributed by atoms with Crippen LogP contribution in [0.1, 0.15) is 51.9 Å². The Kier molecular flexibility index (Phi) is 4.32. The van der Waals surface area contributed by atoms with Gasteiger partial charge < -0.3 is 15.4 Å². The Morgan fingerprint density at radius 3 is 2.90 bits per heavy atom. The maximum absolute atomic E-state index is 12.8. The summed E-state index contributed by atoms with van der Waals surface area (Å²) >= 11 is 0. The van der Waals surface area contributed by atoms with Crippen molar-refractivity contribution >= 4 is 5.91 Å². The van der Waals surface area contributed by atoms with E-state index in [2.05, 4.69) is 17.6 Å². The molecule has 3 rings (SSSR count). The zero-order valence-corrected chi connectivity index (χ0v) is 12.6. The van der Waals surface area contributed by atoms with Crippen LogP contribution in [0.4, 0.5) is 0 Å². The molecular formula is C16H28N2O2. The number of amides is 1. The van der Waals surface area contributed by atoms with E-state index in [1.54, 1.807) is 0 Å². The number of rotatable bonds is 5. The van der Waals surface area contributed by atoms with Gasteiger partial charge in [0.05, 0.1) is 17.6 Å². The lowest BCUT2D eigenvalue weighted by Crippen LogP contribution is -2.54. The summed E-state index contributed by atoms with van der Waals surface area (Å²) < 4.78 is 5.84. The molecule has 3 aliphatic rings. The van der Waals surface area contributed by atoms with Crippen LogP contribution < -0.4 is 10.6 Å². The molecule has 3 atom stereocenters. The monoisotopic (exact) mass is 280 g/mol. The van der Waals surface area contributed by atoms with Crippen molar-refractivity contribution in [1.82, 2.24) is 10.6 Å². The van der Waals surface area contributed by atoms with Crippen LogP contribution in [-0.2, 0) is 9.53 Å². The molecule has 0 aromatic heterocycles. The molecule has 0 radical (unpaired) electrons. The van der Waals surface area contributed by atoms with E-state index in [9.17, 15) is 4.79 Å². The van der Waals surface area contributed by atoms with E-state index < -0.39 is 0 Å². The molecule has 4 heteroatoms. The van der Waals surface area contributed by atoms with Gasteiger partial charge in [-0.25, -0.2) is 0 Å². The number of carbonyl (C=O) groups excluding carboxylic acids is 1. The van der Waals surface area contributed by atoms with Crippen molar-refractivity contribution in [2.24, 2.45) is 11.3 Å². The minimum absolute atomic E-state index is 0.177. The highest BCUT2D eigenvalue weighted by molar-refractivity contribution is 5.83. The van der Waals surface area contributed by atoms with E-state index in [-0.39, 0.29) is 23.5 Å². The maximum Gasteiger partial charge on any atom is 0.227 e. The second kappa shape index (κ2) is 6.02.